The minimum atomic E-state index is -0.157. The van der Waals surface area contributed by atoms with Gasteiger partial charge in [0.2, 0.25) is 0 Å². The molecule has 2 aromatic rings. The molecule has 0 radical (unpaired) electrons. The van der Waals surface area contributed by atoms with Crippen LogP contribution in [0.2, 0.25) is 0 Å². The number of hydrogen-bond donors (Lipinski definition) is 1. The van der Waals surface area contributed by atoms with Crippen LogP contribution in [0.15, 0.2) is 12.3 Å². The van der Waals surface area contributed by atoms with E-state index in [1.165, 1.54) is 11.3 Å². The summed E-state index contributed by atoms with van der Waals surface area (Å²) in [5, 5.41) is 8.49. The normalized spacial score (nSPS) is 10.2. The highest BCUT2D eigenvalue weighted by Gasteiger charge is 2.21. The number of fused-ring (bicyclic) bond motifs is 1. The summed E-state index contributed by atoms with van der Waals surface area (Å²) in [5.41, 5.74) is 6.42. The maximum atomic E-state index is 12.3. The van der Waals surface area contributed by atoms with Crippen molar-refractivity contribution in [1.29, 1.82) is 0 Å². The van der Waals surface area contributed by atoms with E-state index in [0.717, 1.165) is 5.39 Å². The summed E-state index contributed by atoms with van der Waals surface area (Å²) in [6, 6.07) is 1.75. The van der Waals surface area contributed by atoms with E-state index in [-0.39, 0.29) is 12.5 Å². The van der Waals surface area contributed by atoms with Gasteiger partial charge in [-0.1, -0.05) is 5.92 Å². The third kappa shape index (κ3) is 2.00. The average Bonchev–Trinajstić information content (AvgIpc) is 2.73. The lowest BCUT2D eigenvalue weighted by atomic mass is 10.2. The molecule has 2 N–H and O–H groups in total. The fourth-order valence-corrected chi connectivity index (χ4v) is 2.62. The molecule has 0 unspecified atom stereocenters. The van der Waals surface area contributed by atoms with Crippen LogP contribution in [0.25, 0.3) is 10.2 Å². The summed E-state index contributed by atoms with van der Waals surface area (Å²) in [6.45, 7) is 2.69. The lowest BCUT2D eigenvalue weighted by molar-refractivity contribution is 0.0790. The smallest absolute Gasteiger partial charge is 0.266 e. The van der Waals surface area contributed by atoms with E-state index in [9.17, 15) is 4.79 Å². The van der Waals surface area contributed by atoms with Gasteiger partial charge in [0, 0.05) is 11.9 Å². The molecule has 0 fully saturated rings. The molecule has 6 heteroatoms. The monoisotopic (exact) mass is 260 g/mol. The molecule has 0 aliphatic carbocycles. The van der Waals surface area contributed by atoms with Gasteiger partial charge >= 0.3 is 0 Å². The zero-order valence-corrected chi connectivity index (χ0v) is 10.7. The van der Waals surface area contributed by atoms with Crippen molar-refractivity contribution < 1.29 is 4.79 Å². The van der Waals surface area contributed by atoms with Gasteiger partial charge in [-0.25, -0.2) is 0 Å². The molecule has 92 valence electrons. The summed E-state index contributed by atoms with van der Waals surface area (Å²) >= 11 is 1.24. The van der Waals surface area contributed by atoms with Gasteiger partial charge in [0.15, 0.2) is 0 Å². The van der Waals surface area contributed by atoms with Crippen molar-refractivity contribution in [3.8, 4) is 12.3 Å². The van der Waals surface area contributed by atoms with Gasteiger partial charge in [0.05, 0.1) is 18.4 Å². The minimum Gasteiger partial charge on any atom is -0.397 e. The number of carbonyl (C=O) groups excluding carboxylic acids is 1. The number of amides is 1. The van der Waals surface area contributed by atoms with Crippen LogP contribution < -0.4 is 5.73 Å². The number of aromatic nitrogens is 2. The predicted molar refractivity (Wildman–Crippen MR) is 72.2 cm³/mol. The van der Waals surface area contributed by atoms with Crippen LogP contribution in [-0.2, 0) is 0 Å². The Hall–Kier alpha value is -2.13. The van der Waals surface area contributed by atoms with E-state index >= 15 is 0 Å². The first-order valence-electron chi connectivity index (χ1n) is 5.41. The van der Waals surface area contributed by atoms with Crippen molar-refractivity contribution in [1.82, 2.24) is 15.1 Å². The van der Waals surface area contributed by atoms with Crippen molar-refractivity contribution >= 4 is 33.1 Å². The number of rotatable bonds is 3. The number of thiophene rings is 1. The van der Waals surface area contributed by atoms with E-state index in [1.54, 1.807) is 17.2 Å². The van der Waals surface area contributed by atoms with Crippen molar-refractivity contribution in [3.05, 3.63) is 17.1 Å². The topological polar surface area (TPSA) is 72.1 Å². The Labute approximate surface area is 109 Å². The SMILES string of the molecule is C#CCN(CC)C(=O)c1sc2nnccc2c1N. The second-order valence-corrected chi connectivity index (χ2v) is 4.62. The third-order valence-electron chi connectivity index (χ3n) is 2.57. The van der Waals surface area contributed by atoms with E-state index in [2.05, 4.69) is 16.1 Å². The number of nitrogens with two attached hydrogens (primary N) is 1. The molecule has 2 heterocycles. The molecule has 2 rings (SSSR count). The molecular weight excluding hydrogens is 248 g/mol. The van der Waals surface area contributed by atoms with Crippen LogP contribution >= 0.6 is 11.3 Å². The van der Waals surface area contributed by atoms with Gasteiger partial charge in [-0.2, -0.15) is 5.10 Å². The van der Waals surface area contributed by atoms with Gasteiger partial charge < -0.3 is 10.6 Å². The summed E-state index contributed by atoms with van der Waals surface area (Å²) < 4.78 is 0. The number of nitrogen functional groups attached to an aromatic ring is 1. The second kappa shape index (κ2) is 5.02. The lowest BCUT2D eigenvalue weighted by Crippen LogP contribution is -2.30. The second-order valence-electron chi connectivity index (χ2n) is 3.62. The molecule has 0 aromatic carbocycles. The summed E-state index contributed by atoms with van der Waals surface area (Å²) in [7, 11) is 0. The molecule has 0 saturated heterocycles. The minimum absolute atomic E-state index is 0.157. The van der Waals surface area contributed by atoms with Crippen molar-refractivity contribution in [2.45, 2.75) is 6.92 Å². The number of hydrogen-bond acceptors (Lipinski definition) is 5. The standard InChI is InChI=1S/C12H12N4OS/c1-3-7-16(4-2)12(17)10-9(13)8-5-6-14-15-11(8)18-10/h1,5-6H,4,7,13H2,2H3. The summed E-state index contributed by atoms with van der Waals surface area (Å²) in [4.78, 5) is 15.0. The Bertz CT molecular complexity index is 629. The first-order valence-corrected chi connectivity index (χ1v) is 6.23. The highest BCUT2D eigenvalue weighted by atomic mass is 32.1. The van der Waals surface area contributed by atoms with Gasteiger partial charge in [-0.15, -0.1) is 22.9 Å². The van der Waals surface area contributed by atoms with Crippen LogP contribution in [0.1, 0.15) is 16.6 Å². The maximum absolute atomic E-state index is 12.3. The zero-order chi connectivity index (χ0) is 13.1. The first kappa shape index (κ1) is 12.3. The van der Waals surface area contributed by atoms with Crippen LogP contribution in [0.5, 0.6) is 0 Å². The Balaban J connectivity index is 2.45. The van der Waals surface area contributed by atoms with Gasteiger partial charge in [-0.3, -0.25) is 4.79 Å². The van der Waals surface area contributed by atoms with Crippen LogP contribution in [-0.4, -0.2) is 34.1 Å². The van der Waals surface area contributed by atoms with Gasteiger partial charge in [0.1, 0.15) is 9.71 Å². The molecule has 0 bridgehead atoms. The Morgan fingerprint density at radius 1 is 1.67 bits per heavy atom. The van der Waals surface area contributed by atoms with Crippen molar-refractivity contribution in [3.63, 3.8) is 0 Å². The lowest BCUT2D eigenvalue weighted by Gasteiger charge is -2.17. The number of nitrogens with zero attached hydrogens (tertiary/aromatic N) is 3. The Morgan fingerprint density at radius 3 is 3.06 bits per heavy atom. The molecule has 18 heavy (non-hydrogen) atoms. The molecule has 5 nitrogen and oxygen atoms in total. The summed E-state index contributed by atoms with van der Waals surface area (Å²) in [5.74, 6) is 2.31. The highest BCUT2D eigenvalue weighted by Crippen LogP contribution is 2.32. The quantitative estimate of drug-likeness (QED) is 0.846. The van der Waals surface area contributed by atoms with E-state index < -0.39 is 0 Å². The molecule has 0 atom stereocenters. The predicted octanol–water partition coefficient (Wildman–Crippen LogP) is 1.37. The maximum Gasteiger partial charge on any atom is 0.266 e. The number of carbonyl (C=O) groups is 1. The highest BCUT2D eigenvalue weighted by molar-refractivity contribution is 7.21. The zero-order valence-electron chi connectivity index (χ0n) is 9.88. The first-order chi connectivity index (χ1) is 8.69. The number of terminal acetylenes is 1. The third-order valence-corrected chi connectivity index (χ3v) is 3.66. The molecule has 1 amide bonds. The molecule has 0 spiro atoms. The van der Waals surface area contributed by atoms with E-state index in [4.69, 9.17) is 12.2 Å². The fourth-order valence-electron chi connectivity index (χ4n) is 1.61. The largest absolute Gasteiger partial charge is 0.397 e. The Kier molecular flexibility index (Phi) is 3.44. The van der Waals surface area contributed by atoms with Crippen molar-refractivity contribution in [2.24, 2.45) is 0 Å². The molecule has 2 aromatic heterocycles. The molecule has 0 aliphatic rings. The molecular formula is C12H12N4OS. The summed E-state index contributed by atoms with van der Waals surface area (Å²) in [6.07, 6.45) is 6.79. The van der Waals surface area contributed by atoms with Crippen LogP contribution in [0, 0.1) is 12.3 Å². The number of anilines is 1. The van der Waals surface area contributed by atoms with E-state index in [0.29, 0.717) is 21.9 Å². The average molecular weight is 260 g/mol. The molecule has 0 aliphatic heterocycles. The Morgan fingerprint density at radius 2 is 2.44 bits per heavy atom. The van der Waals surface area contributed by atoms with Crippen LogP contribution in [0.3, 0.4) is 0 Å². The van der Waals surface area contributed by atoms with Crippen LogP contribution in [0.4, 0.5) is 5.69 Å². The van der Waals surface area contributed by atoms with Gasteiger partial charge in [0.25, 0.3) is 5.91 Å². The van der Waals surface area contributed by atoms with Gasteiger partial charge in [-0.05, 0) is 13.0 Å². The fraction of sp³-hybridized carbons (Fsp3) is 0.250. The molecule has 0 saturated carbocycles. The van der Waals surface area contributed by atoms with Crippen molar-refractivity contribution in [2.75, 3.05) is 18.8 Å². The van der Waals surface area contributed by atoms with E-state index in [1.807, 2.05) is 6.92 Å².